The summed E-state index contributed by atoms with van der Waals surface area (Å²) in [6.45, 7) is 6.29. The molecule has 2 aromatic rings. The van der Waals surface area contributed by atoms with Crippen molar-refractivity contribution in [2.75, 3.05) is 14.1 Å². The highest BCUT2D eigenvalue weighted by Gasteiger charge is 2.41. The standard InChI is InChI=1S/C26H31N3O/c1-16-13-14-26(3,28-16)23-8-6-7-21(27-23)20-11-12-22(30-17(2)29(4)5)25-19-10-9-18(15-19)24(20)25/h6-8,11-14,17-19H,9-10,15H2,1-5H3. The van der Waals surface area contributed by atoms with Crippen molar-refractivity contribution in [1.82, 2.24) is 9.88 Å². The third-order valence-electron chi connectivity index (χ3n) is 7.12. The Kier molecular flexibility index (Phi) is 4.59. The quantitative estimate of drug-likeness (QED) is 0.608. The van der Waals surface area contributed by atoms with Gasteiger partial charge in [0, 0.05) is 16.8 Å². The lowest BCUT2D eigenvalue weighted by Gasteiger charge is -2.27. The van der Waals surface area contributed by atoms with Crippen molar-refractivity contribution in [2.45, 2.75) is 63.6 Å². The van der Waals surface area contributed by atoms with Crippen molar-refractivity contribution < 1.29 is 4.74 Å². The van der Waals surface area contributed by atoms with Gasteiger partial charge in [0.25, 0.3) is 0 Å². The summed E-state index contributed by atoms with van der Waals surface area (Å²) in [7, 11) is 4.12. The molecule has 4 atom stereocenters. The fourth-order valence-electron chi connectivity index (χ4n) is 5.33. The molecule has 1 aliphatic heterocycles. The Morgan fingerprint density at radius 3 is 2.57 bits per heavy atom. The number of rotatable bonds is 5. The molecule has 1 aromatic carbocycles. The lowest BCUT2D eigenvalue weighted by molar-refractivity contribution is 0.0802. The van der Waals surface area contributed by atoms with Gasteiger partial charge in [0.2, 0.25) is 0 Å². The van der Waals surface area contributed by atoms with Gasteiger partial charge in [0.15, 0.2) is 0 Å². The van der Waals surface area contributed by atoms with Crippen LogP contribution in [0.5, 0.6) is 5.75 Å². The Labute approximate surface area is 179 Å². The van der Waals surface area contributed by atoms with Crippen LogP contribution in [0, 0.1) is 0 Å². The van der Waals surface area contributed by atoms with Crippen LogP contribution in [0.4, 0.5) is 0 Å². The maximum atomic E-state index is 6.37. The summed E-state index contributed by atoms with van der Waals surface area (Å²) < 4.78 is 6.37. The smallest absolute Gasteiger partial charge is 0.149 e. The zero-order chi connectivity index (χ0) is 21.0. The molecule has 2 bridgehead atoms. The highest BCUT2D eigenvalue weighted by Crippen LogP contribution is 2.58. The molecule has 0 saturated heterocycles. The molecule has 5 rings (SSSR count). The average Bonchev–Trinajstić information content (AvgIpc) is 3.44. The Hall–Kier alpha value is -2.46. The normalized spacial score (nSPS) is 27.5. The van der Waals surface area contributed by atoms with E-state index in [0.717, 1.165) is 22.8 Å². The first-order valence-electron chi connectivity index (χ1n) is 11.1. The topological polar surface area (TPSA) is 37.7 Å². The summed E-state index contributed by atoms with van der Waals surface area (Å²) in [5.41, 5.74) is 6.93. The largest absolute Gasteiger partial charge is 0.475 e. The molecule has 156 valence electrons. The zero-order valence-corrected chi connectivity index (χ0v) is 18.6. The second kappa shape index (κ2) is 7.05. The number of allylic oxidation sites excluding steroid dienone is 1. The predicted molar refractivity (Wildman–Crippen MR) is 122 cm³/mol. The second-order valence-electron chi connectivity index (χ2n) is 9.47. The van der Waals surface area contributed by atoms with Crippen molar-refractivity contribution in [3.8, 4) is 17.0 Å². The summed E-state index contributed by atoms with van der Waals surface area (Å²) >= 11 is 0. The zero-order valence-electron chi connectivity index (χ0n) is 18.6. The van der Waals surface area contributed by atoms with Gasteiger partial charge in [-0.3, -0.25) is 9.89 Å². The van der Waals surface area contributed by atoms with Gasteiger partial charge in [0.05, 0.1) is 11.4 Å². The van der Waals surface area contributed by atoms with Crippen LogP contribution in [0.15, 0.2) is 47.5 Å². The molecule has 0 N–H and O–H groups in total. The van der Waals surface area contributed by atoms with Crippen molar-refractivity contribution in [1.29, 1.82) is 0 Å². The van der Waals surface area contributed by atoms with Crippen LogP contribution in [-0.2, 0) is 5.54 Å². The number of ether oxygens (including phenoxy) is 1. The minimum absolute atomic E-state index is 0.0516. The summed E-state index contributed by atoms with van der Waals surface area (Å²) in [4.78, 5) is 12.0. The van der Waals surface area contributed by atoms with E-state index in [9.17, 15) is 0 Å². The van der Waals surface area contributed by atoms with Crippen LogP contribution in [0.2, 0.25) is 0 Å². The highest BCUT2D eigenvalue weighted by atomic mass is 16.5. The molecule has 0 spiro atoms. The Bertz CT molecular complexity index is 1050. The molecule has 1 aromatic heterocycles. The number of hydrogen-bond acceptors (Lipinski definition) is 4. The monoisotopic (exact) mass is 401 g/mol. The van der Waals surface area contributed by atoms with E-state index < -0.39 is 0 Å². The van der Waals surface area contributed by atoms with Gasteiger partial charge in [-0.05, 0) is 108 Å². The Morgan fingerprint density at radius 2 is 1.87 bits per heavy atom. The average molecular weight is 402 g/mol. The van der Waals surface area contributed by atoms with Gasteiger partial charge in [-0.15, -0.1) is 0 Å². The molecular weight excluding hydrogens is 370 g/mol. The van der Waals surface area contributed by atoms with Crippen molar-refractivity contribution >= 4 is 5.71 Å². The van der Waals surface area contributed by atoms with Crippen LogP contribution in [0.3, 0.4) is 0 Å². The first-order chi connectivity index (χ1) is 14.4. The SMILES string of the molecule is CC1=NC(C)(c2cccc(-c3ccc(OC(C)N(C)C)c4c3C3CCC4C3)n2)C=C1. The molecule has 0 amide bonds. The van der Waals surface area contributed by atoms with E-state index in [2.05, 4.69) is 75.3 Å². The van der Waals surface area contributed by atoms with Crippen molar-refractivity contribution in [2.24, 2.45) is 4.99 Å². The number of hydrogen-bond donors (Lipinski definition) is 0. The highest BCUT2D eigenvalue weighted by molar-refractivity contribution is 5.95. The van der Waals surface area contributed by atoms with Crippen molar-refractivity contribution in [3.05, 3.63) is 59.3 Å². The van der Waals surface area contributed by atoms with Gasteiger partial charge in [-0.1, -0.05) is 6.07 Å². The number of nitrogens with zero attached hydrogens (tertiary/aromatic N) is 3. The van der Waals surface area contributed by atoms with Crippen LogP contribution in [0.25, 0.3) is 11.3 Å². The molecule has 1 saturated carbocycles. The van der Waals surface area contributed by atoms with Gasteiger partial charge >= 0.3 is 0 Å². The van der Waals surface area contributed by atoms with Crippen molar-refractivity contribution in [3.63, 3.8) is 0 Å². The van der Waals surface area contributed by atoms with E-state index in [0.29, 0.717) is 11.8 Å². The van der Waals surface area contributed by atoms with E-state index in [4.69, 9.17) is 14.7 Å². The predicted octanol–water partition coefficient (Wildman–Crippen LogP) is 5.65. The third kappa shape index (κ3) is 3.09. The minimum atomic E-state index is -0.369. The van der Waals surface area contributed by atoms with Gasteiger partial charge in [-0.25, -0.2) is 4.98 Å². The number of aromatic nitrogens is 1. The Morgan fingerprint density at radius 1 is 1.10 bits per heavy atom. The maximum absolute atomic E-state index is 6.37. The molecule has 4 unspecified atom stereocenters. The molecule has 0 radical (unpaired) electrons. The van der Waals surface area contributed by atoms with Gasteiger partial charge in [0.1, 0.15) is 17.5 Å². The van der Waals surface area contributed by atoms with Crippen LogP contribution in [-0.4, -0.2) is 35.9 Å². The molecule has 3 aliphatic rings. The van der Waals surface area contributed by atoms with E-state index in [-0.39, 0.29) is 11.8 Å². The second-order valence-corrected chi connectivity index (χ2v) is 9.47. The minimum Gasteiger partial charge on any atom is -0.475 e. The number of aliphatic imine (C=N–C) groups is 1. The summed E-state index contributed by atoms with van der Waals surface area (Å²) in [6, 6.07) is 10.8. The summed E-state index contributed by atoms with van der Waals surface area (Å²) in [5, 5.41) is 0. The molecule has 2 aliphatic carbocycles. The van der Waals surface area contributed by atoms with Crippen LogP contribution < -0.4 is 4.74 Å². The fourth-order valence-corrected chi connectivity index (χ4v) is 5.33. The maximum Gasteiger partial charge on any atom is 0.149 e. The van der Waals surface area contributed by atoms with E-state index in [1.54, 1.807) is 0 Å². The van der Waals surface area contributed by atoms with E-state index in [1.807, 2.05) is 6.92 Å². The van der Waals surface area contributed by atoms with Crippen LogP contribution in [0.1, 0.15) is 68.7 Å². The van der Waals surface area contributed by atoms with E-state index >= 15 is 0 Å². The summed E-state index contributed by atoms with van der Waals surface area (Å²) in [5.74, 6) is 2.31. The molecule has 2 heterocycles. The number of fused-ring (bicyclic) bond motifs is 5. The molecular formula is C26H31N3O. The van der Waals surface area contributed by atoms with Crippen LogP contribution >= 0.6 is 0 Å². The first-order valence-corrected chi connectivity index (χ1v) is 11.1. The third-order valence-corrected chi connectivity index (χ3v) is 7.12. The Balaban J connectivity index is 1.59. The summed E-state index contributed by atoms with van der Waals surface area (Å²) in [6.07, 6.45) is 8.10. The lowest BCUT2D eigenvalue weighted by atomic mass is 9.86. The number of pyridine rings is 1. The number of benzene rings is 1. The first kappa shape index (κ1) is 19.5. The van der Waals surface area contributed by atoms with Gasteiger partial charge < -0.3 is 4.74 Å². The molecule has 1 fully saturated rings. The van der Waals surface area contributed by atoms with Gasteiger partial charge in [-0.2, -0.15) is 0 Å². The lowest BCUT2D eigenvalue weighted by Crippen LogP contribution is -2.30. The van der Waals surface area contributed by atoms with E-state index in [1.165, 1.54) is 36.0 Å². The fraction of sp³-hybridized carbons (Fsp3) is 0.462. The molecule has 4 heteroatoms. The molecule has 30 heavy (non-hydrogen) atoms. The molecule has 4 nitrogen and oxygen atoms in total.